The zero-order valence-corrected chi connectivity index (χ0v) is 12.6. The molecule has 0 unspecified atom stereocenters. The first-order valence-corrected chi connectivity index (χ1v) is 7.59. The van der Waals surface area contributed by atoms with Crippen molar-refractivity contribution in [2.24, 2.45) is 5.92 Å². The first kappa shape index (κ1) is 15.0. The predicted octanol–water partition coefficient (Wildman–Crippen LogP) is 1.42. The van der Waals surface area contributed by atoms with Gasteiger partial charge in [-0.1, -0.05) is 6.07 Å². The van der Waals surface area contributed by atoms with Gasteiger partial charge < -0.3 is 15.0 Å². The Labute approximate surface area is 122 Å². The van der Waals surface area contributed by atoms with Crippen LogP contribution in [-0.4, -0.2) is 44.0 Å². The molecule has 0 radical (unpaired) electrons. The Bertz CT molecular complexity index is 461. The molecule has 1 fully saturated rings. The second-order valence-electron chi connectivity index (χ2n) is 4.91. The van der Waals surface area contributed by atoms with Gasteiger partial charge in [-0.2, -0.15) is 0 Å². The molecule has 0 saturated carbocycles. The molecule has 0 aromatic carbocycles. The Morgan fingerprint density at radius 2 is 2.40 bits per heavy atom. The quantitative estimate of drug-likeness (QED) is 0.808. The minimum Gasteiger partial charge on any atom is -0.385 e. The van der Waals surface area contributed by atoms with E-state index in [1.165, 1.54) is 0 Å². The van der Waals surface area contributed by atoms with Gasteiger partial charge in [-0.15, -0.1) is 11.3 Å². The van der Waals surface area contributed by atoms with E-state index in [2.05, 4.69) is 5.32 Å². The molecule has 1 aliphatic heterocycles. The average Bonchev–Trinajstić information content (AvgIpc) is 3.04. The normalized spacial score (nSPS) is 22.3. The highest BCUT2D eigenvalue weighted by Crippen LogP contribution is 2.38. The fourth-order valence-corrected chi connectivity index (χ4v) is 3.45. The summed E-state index contributed by atoms with van der Waals surface area (Å²) in [5.41, 5.74) is 0. The van der Waals surface area contributed by atoms with Crippen LogP contribution in [0.5, 0.6) is 0 Å². The van der Waals surface area contributed by atoms with Gasteiger partial charge >= 0.3 is 0 Å². The van der Waals surface area contributed by atoms with Gasteiger partial charge in [0.15, 0.2) is 0 Å². The van der Waals surface area contributed by atoms with Crippen LogP contribution in [-0.2, 0) is 14.3 Å². The molecule has 2 atom stereocenters. The van der Waals surface area contributed by atoms with Crippen LogP contribution in [0.25, 0.3) is 0 Å². The van der Waals surface area contributed by atoms with Crippen LogP contribution in [0.15, 0.2) is 17.5 Å². The lowest BCUT2D eigenvalue weighted by Crippen LogP contribution is -2.35. The summed E-state index contributed by atoms with van der Waals surface area (Å²) in [4.78, 5) is 26.9. The molecular weight excluding hydrogens is 276 g/mol. The molecular formula is C14H20N2O3S. The van der Waals surface area contributed by atoms with Gasteiger partial charge in [0, 0.05) is 38.6 Å². The number of carbonyl (C=O) groups is 2. The van der Waals surface area contributed by atoms with Crippen molar-refractivity contribution < 1.29 is 14.3 Å². The Morgan fingerprint density at radius 1 is 1.60 bits per heavy atom. The molecule has 1 aromatic heterocycles. The van der Waals surface area contributed by atoms with Gasteiger partial charge in [0.2, 0.25) is 11.8 Å². The van der Waals surface area contributed by atoms with Crippen molar-refractivity contribution in [1.82, 2.24) is 10.2 Å². The zero-order chi connectivity index (χ0) is 14.5. The molecule has 5 nitrogen and oxygen atoms in total. The lowest BCUT2D eigenvalue weighted by Gasteiger charge is -2.23. The molecule has 20 heavy (non-hydrogen) atoms. The number of nitrogens with zero attached hydrogens (tertiary/aromatic N) is 1. The summed E-state index contributed by atoms with van der Waals surface area (Å²) in [5.74, 6) is -0.314. The van der Waals surface area contributed by atoms with Gasteiger partial charge in [0.1, 0.15) is 0 Å². The maximum Gasteiger partial charge on any atom is 0.226 e. The minimum atomic E-state index is -0.298. The largest absolute Gasteiger partial charge is 0.385 e. The van der Waals surface area contributed by atoms with Gasteiger partial charge in [-0.05, 0) is 17.9 Å². The van der Waals surface area contributed by atoms with Crippen molar-refractivity contribution in [3.63, 3.8) is 0 Å². The highest BCUT2D eigenvalue weighted by atomic mass is 32.1. The molecule has 6 heteroatoms. The van der Waals surface area contributed by atoms with E-state index in [4.69, 9.17) is 4.74 Å². The first-order valence-electron chi connectivity index (χ1n) is 6.71. The summed E-state index contributed by atoms with van der Waals surface area (Å²) in [6.07, 6.45) is 1.07. The third-order valence-corrected chi connectivity index (χ3v) is 4.53. The number of nitrogens with one attached hydrogen (secondary N) is 1. The van der Waals surface area contributed by atoms with Crippen molar-refractivity contribution in [3.05, 3.63) is 22.4 Å². The molecule has 1 aliphatic rings. The van der Waals surface area contributed by atoms with E-state index in [-0.39, 0.29) is 30.2 Å². The van der Waals surface area contributed by atoms with E-state index in [1.807, 2.05) is 17.5 Å². The summed E-state index contributed by atoms with van der Waals surface area (Å²) >= 11 is 1.59. The number of thiophene rings is 1. The standard InChI is InChI=1S/C14H20N2O3S/c1-16-12(17)9-10(13(16)11-5-3-8-20-11)14(18)15-6-4-7-19-2/h3,5,8,10,13H,4,6-7,9H2,1-2H3,(H,15,18)/t10-,13-/m1/s1. The summed E-state index contributed by atoms with van der Waals surface area (Å²) in [5, 5.41) is 4.87. The van der Waals surface area contributed by atoms with Crippen molar-refractivity contribution in [1.29, 1.82) is 0 Å². The van der Waals surface area contributed by atoms with Gasteiger partial charge in [0.05, 0.1) is 12.0 Å². The molecule has 1 aromatic rings. The van der Waals surface area contributed by atoms with Crippen LogP contribution in [0.3, 0.4) is 0 Å². The van der Waals surface area contributed by atoms with Crippen molar-refractivity contribution in [2.45, 2.75) is 18.9 Å². The van der Waals surface area contributed by atoms with Crippen LogP contribution < -0.4 is 5.32 Å². The monoisotopic (exact) mass is 296 g/mol. The third kappa shape index (κ3) is 3.19. The Kier molecular flexibility index (Phi) is 5.14. The number of carbonyl (C=O) groups excluding carboxylic acids is 2. The lowest BCUT2D eigenvalue weighted by molar-refractivity contribution is -0.128. The Hall–Kier alpha value is -1.40. The van der Waals surface area contributed by atoms with Gasteiger partial charge in [-0.25, -0.2) is 0 Å². The number of likely N-dealkylation sites (tertiary alicyclic amines) is 1. The zero-order valence-electron chi connectivity index (χ0n) is 11.8. The SMILES string of the molecule is COCCCNC(=O)[C@@H]1CC(=O)N(C)[C@H]1c1cccs1. The number of amides is 2. The van der Waals surface area contributed by atoms with Crippen molar-refractivity contribution in [2.75, 3.05) is 27.3 Å². The summed E-state index contributed by atoms with van der Waals surface area (Å²) in [6, 6.07) is 3.80. The molecule has 110 valence electrons. The fraction of sp³-hybridized carbons (Fsp3) is 0.571. The topological polar surface area (TPSA) is 58.6 Å². The summed E-state index contributed by atoms with van der Waals surface area (Å²) < 4.78 is 4.95. The number of methoxy groups -OCH3 is 1. The Morgan fingerprint density at radius 3 is 3.05 bits per heavy atom. The van der Waals surface area contributed by atoms with Crippen molar-refractivity contribution in [3.8, 4) is 0 Å². The highest BCUT2D eigenvalue weighted by Gasteiger charge is 2.42. The summed E-state index contributed by atoms with van der Waals surface area (Å²) in [6.45, 7) is 1.20. The minimum absolute atomic E-state index is 0.0282. The maximum absolute atomic E-state index is 12.3. The average molecular weight is 296 g/mol. The summed E-state index contributed by atoms with van der Waals surface area (Å²) in [7, 11) is 3.41. The molecule has 0 bridgehead atoms. The highest BCUT2D eigenvalue weighted by molar-refractivity contribution is 7.10. The maximum atomic E-state index is 12.3. The van der Waals surface area contributed by atoms with Crippen LogP contribution in [0.2, 0.25) is 0 Å². The Balaban J connectivity index is 2.01. The molecule has 1 saturated heterocycles. The second-order valence-corrected chi connectivity index (χ2v) is 5.89. The number of hydrogen-bond donors (Lipinski definition) is 1. The smallest absolute Gasteiger partial charge is 0.226 e. The first-order chi connectivity index (χ1) is 9.65. The van der Waals surface area contributed by atoms with E-state index >= 15 is 0 Å². The fourth-order valence-electron chi connectivity index (χ4n) is 2.51. The number of ether oxygens (including phenoxy) is 1. The lowest BCUT2D eigenvalue weighted by atomic mass is 9.98. The van der Waals surface area contributed by atoms with E-state index in [1.54, 1.807) is 30.4 Å². The molecule has 0 spiro atoms. The van der Waals surface area contributed by atoms with Crippen LogP contribution in [0, 0.1) is 5.92 Å². The molecule has 1 N–H and O–H groups in total. The van der Waals surface area contributed by atoms with E-state index in [0.717, 1.165) is 11.3 Å². The predicted molar refractivity (Wildman–Crippen MR) is 77.4 cm³/mol. The van der Waals surface area contributed by atoms with Gasteiger partial charge in [-0.3, -0.25) is 9.59 Å². The van der Waals surface area contributed by atoms with Crippen molar-refractivity contribution >= 4 is 23.2 Å². The molecule has 2 amide bonds. The van der Waals surface area contributed by atoms with Crippen LogP contribution >= 0.6 is 11.3 Å². The van der Waals surface area contributed by atoms with Crippen LogP contribution in [0.1, 0.15) is 23.8 Å². The van der Waals surface area contributed by atoms with E-state index in [0.29, 0.717) is 13.2 Å². The second kappa shape index (κ2) is 6.85. The number of rotatable bonds is 6. The van der Waals surface area contributed by atoms with E-state index in [9.17, 15) is 9.59 Å². The van der Waals surface area contributed by atoms with Crippen LogP contribution in [0.4, 0.5) is 0 Å². The molecule has 0 aliphatic carbocycles. The molecule has 2 heterocycles. The van der Waals surface area contributed by atoms with Gasteiger partial charge in [0.25, 0.3) is 0 Å². The van der Waals surface area contributed by atoms with E-state index < -0.39 is 0 Å². The third-order valence-electron chi connectivity index (χ3n) is 3.58. The molecule has 2 rings (SSSR count). The number of hydrogen-bond acceptors (Lipinski definition) is 4.